The highest BCUT2D eigenvalue weighted by atomic mass is 32.1. The van der Waals surface area contributed by atoms with Crippen molar-refractivity contribution < 1.29 is 27.2 Å². The molecule has 2 amide bonds. The zero-order chi connectivity index (χ0) is 24.4. The highest BCUT2D eigenvalue weighted by Crippen LogP contribution is 2.66. The van der Waals surface area contributed by atoms with Gasteiger partial charge in [-0.15, -0.1) is 11.3 Å². The molecule has 2 aromatic rings. The van der Waals surface area contributed by atoms with Gasteiger partial charge in [-0.1, -0.05) is 6.07 Å². The Labute approximate surface area is 193 Å². The van der Waals surface area contributed by atoms with E-state index >= 15 is 0 Å². The number of hydrogen-bond acceptors (Lipinski definition) is 5. The van der Waals surface area contributed by atoms with E-state index in [-0.39, 0.29) is 37.4 Å². The molecule has 6 nitrogen and oxygen atoms in total. The fourth-order valence-corrected chi connectivity index (χ4v) is 4.85. The summed E-state index contributed by atoms with van der Waals surface area (Å²) in [6.07, 6.45) is -2.92. The van der Waals surface area contributed by atoms with Crippen molar-refractivity contribution >= 4 is 23.2 Å². The van der Waals surface area contributed by atoms with Gasteiger partial charge in [0.2, 0.25) is 5.91 Å². The molecule has 1 heterocycles. The van der Waals surface area contributed by atoms with Gasteiger partial charge < -0.3 is 16.0 Å². The third-order valence-electron chi connectivity index (χ3n) is 6.24. The van der Waals surface area contributed by atoms with Crippen molar-refractivity contribution in [3.05, 3.63) is 51.7 Å². The monoisotopic (exact) mass is 486 g/mol. The van der Waals surface area contributed by atoms with E-state index in [4.69, 9.17) is 5.73 Å². The minimum Gasteiger partial charge on any atom is -0.366 e. The van der Waals surface area contributed by atoms with Crippen LogP contribution in [-0.4, -0.2) is 54.6 Å². The average molecular weight is 487 g/mol. The maximum atomic E-state index is 14.1. The van der Waals surface area contributed by atoms with Crippen LogP contribution in [0.5, 0.6) is 0 Å². The predicted octanol–water partition coefficient (Wildman–Crippen LogP) is 3.49. The SMILES string of the molecule is CN(C)[C@H](CNC(=O)C[C@H](c1cncs1)C1(C(F)(F)F)CC1)Cc1ccc(C(N)=O)c(F)c1. The molecule has 11 heteroatoms. The lowest BCUT2D eigenvalue weighted by molar-refractivity contribution is -0.194. The molecule has 1 fully saturated rings. The zero-order valence-electron chi connectivity index (χ0n) is 18.3. The summed E-state index contributed by atoms with van der Waals surface area (Å²) in [5.41, 5.74) is 5.11. The maximum absolute atomic E-state index is 14.1. The van der Waals surface area contributed by atoms with Crippen LogP contribution in [0.4, 0.5) is 17.6 Å². The highest BCUT2D eigenvalue weighted by Gasteiger charge is 2.67. The molecule has 3 N–H and O–H groups in total. The molecule has 180 valence electrons. The minimum absolute atomic E-state index is 0.000465. The fourth-order valence-electron chi connectivity index (χ4n) is 4.01. The van der Waals surface area contributed by atoms with Gasteiger partial charge in [-0.3, -0.25) is 14.6 Å². The van der Waals surface area contributed by atoms with Crippen molar-refractivity contribution in [1.82, 2.24) is 15.2 Å². The van der Waals surface area contributed by atoms with Crippen molar-refractivity contribution in [1.29, 1.82) is 0 Å². The number of alkyl halides is 3. The van der Waals surface area contributed by atoms with Gasteiger partial charge in [0.25, 0.3) is 5.91 Å². The number of benzene rings is 1. The van der Waals surface area contributed by atoms with Crippen LogP contribution in [0.1, 0.15) is 46.0 Å². The van der Waals surface area contributed by atoms with Crippen molar-refractivity contribution in [2.75, 3.05) is 20.6 Å². The maximum Gasteiger partial charge on any atom is 0.395 e. The number of likely N-dealkylation sites (N-methyl/N-ethyl adjacent to an activating group) is 1. The third-order valence-corrected chi connectivity index (χ3v) is 7.13. The Morgan fingerprint density at radius 3 is 2.48 bits per heavy atom. The molecule has 3 rings (SSSR count). The number of nitrogens with two attached hydrogens (primary N) is 1. The van der Waals surface area contributed by atoms with Gasteiger partial charge in [0.15, 0.2) is 0 Å². The molecule has 0 aliphatic heterocycles. The van der Waals surface area contributed by atoms with Crippen LogP contribution < -0.4 is 11.1 Å². The molecule has 0 unspecified atom stereocenters. The quantitative estimate of drug-likeness (QED) is 0.504. The molecule has 1 aliphatic carbocycles. The number of rotatable bonds is 10. The van der Waals surface area contributed by atoms with Gasteiger partial charge in [0.1, 0.15) is 5.82 Å². The third kappa shape index (κ3) is 5.70. The number of nitrogens with one attached hydrogen (secondary N) is 1. The second kappa shape index (κ2) is 9.76. The first-order valence-electron chi connectivity index (χ1n) is 10.4. The largest absolute Gasteiger partial charge is 0.395 e. The van der Waals surface area contributed by atoms with E-state index in [1.54, 1.807) is 20.2 Å². The average Bonchev–Trinajstić information content (AvgIpc) is 3.36. The molecule has 0 bridgehead atoms. The lowest BCUT2D eigenvalue weighted by atomic mass is 9.84. The van der Waals surface area contributed by atoms with E-state index in [1.165, 1.54) is 23.8 Å². The molecule has 0 radical (unpaired) electrons. The first-order chi connectivity index (χ1) is 15.4. The molecular formula is C22H26F4N4O2S. The number of amides is 2. The molecule has 33 heavy (non-hydrogen) atoms. The normalized spacial score (nSPS) is 16.9. The molecule has 1 aliphatic rings. The summed E-state index contributed by atoms with van der Waals surface area (Å²) < 4.78 is 55.3. The lowest BCUT2D eigenvalue weighted by Crippen LogP contribution is -2.42. The van der Waals surface area contributed by atoms with Gasteiger partial charge in [0, 0.05) is 36.0 Å². The Hall–Kier alpha value is -2.53. The Bertz CT molecular complexity index is 991. The second-order valence-corrected chi connectivity index (χ2v) is 9.54. The van der Waals surface area contributed by atoms with Crippen molar-refractivity contribution in [3.8, 4) is 0 Å². The number of halogens is 4. The van der Waals surface area contributed by atoms with Crippen LogP contribution >= 0.6 is 11.3 Å². The number of nitrogens with zero attached hydrogens (tertiary/aromatic N) is 2. The van der Waals surface area contributed by atoms with E-state index in [1.807, 2.05) is 4.90 Å². The van der Waals surface area contributed by atoms with Crippen molar-refractivity contribution in [3.63, 3.8) is 0 Å². The molecule has 2 atom stereocenters. The van der Waals surface area contributed by atoms with E-state index < -0.39 is 35.1 Å². The molecule has 0 spiro atoms. The molecular weight excluding hydrogens is 460 g/mol. The van der Waals surface area contributed by atoms with Gasteiger partial charge in [-0.2, -0.15) is 13.2 Å². The van der Waals surface area contributed by atoms with E-state index in [9.17, 15) is 27.2 Å². The Kier molecular flexibility index (Phi) is 7.42. The molecule has 1 saturated carbocycles. The second-order valence-electron chi connectivity index (χ2n) is 8.62. The first-order valence-corrected chi connectivity index (χ1v) is 11.3. The zero-order valence-corrected chi connectivity index (χ0v) is 19.1. The topological polar surface area (TPSA) is 88.3 Å². The van der Waals surface area contributed by atoms with Crippen LogP contribution in [0.15, 0.2) is 29.9 Å². The summed E-state index contributed by atoms with van der Waals surface area (Å²) in [7, 11) is 3.57. The Balaban J connectivity index is 1.66. The van der Waals surface area contributed by atoms with E-state index in [0.29, 0.717) is 16.9 Å². The molecule has 1 aromatic heterocycles. The van der Waals surface area contributed by atoms with Crippen molar-refractivity contribution in [2.24, 2.45) is 11.1 Å². The van der Waals surface area contributed by atoms with E-state index in [0.717, 1.165) is 11.3 Å². The Morgan fingerprint density at radius 1 is 1.30 bits per heavy atom. The van der Waals surface area contributed by atoms with Crippen molar-refractivity contribution in [2.45, 2.75) is 43.8 Å². The summed E-state index contributed by atoms with van der Waals surface area (Å²) >= 11 is 1.12. The standard InChI is InChI=1S/C22H26F4N4O2S/c1-30(2)14(7-13-3-4-15(20(27)32)17(23)8-13)10-29-19(31)9-16(18-11-28-12-33-18)21(5-6-21)22(24,25)26/h3-4,8,11-12,14,16H,5-7,9-10H2,1-2H3,(H2,27,32)(H,29,31)/t14-,16+/m0/s1. The highest BCUT2D eigenvalue weighted by molar-refractivity contribution is 7.09. The van der Waals surface area contributed by atoms with E-state index in [2.05, 4.69) is 10.3 Å². The fraction of sp³-hybridized carbons (Fsp3) is 0.500. The minimum atomic E-state index is -4.39. The first kappa shape index (κ1) is 25.1. The number of primary amides is 1. The number of carbonyl (C=O) groups excluding carboxylic acids is 2. The van der Waals surface area contributed by atoms with Crippen LogP contribution in [0, 0.1) is 11.2 Å². The number of thiazole rings is 1. The van der Waals surface area contributed by atoms with Crippen LogP contribution in [-0.2, 0) is 11.2 Å². The molecule has 0 saturated heterocycles. The molecule has 1 aromatic carbocycles. The van der Waals surface area contributed by atoms with Gasteiger partial charge in [-0.25, -0.2) is 4.39 Å². The van der Waals surface area contributed by atoms with Gasteiger partial charge in [0.05, 0.1) is 16.5 Å². The summed E-state index contributed by atoms with van der Waals surface area (Å²) in [4.78, 5) is 30.1. The van der Waals surface area contributed by atoms with Gasteiger partial charge >= 0.3 is 6.18 Å². The summed E-state index contributed by atoms with van der Waals surface area (Å²) in [6.45, 7) is 0.166. The lowest BCUT2D eigenvalue weighted by Gasteiger charge is -2.29. The number of hydrogen-bond donors (Lipinski definition) is 2. The number of carbonyl (C=O) groups is 2. The Morgan fingerprint density at radius 2 is 2.00 bits per heavy atom. The smallest absolute Gasteiger partial charge is 0.366 e. The van der Waals surface area contributed by atoms with Crippen LogP contribution in [0.2, 0.25) is 0 Å². The van der Waals surface area contributed by atoms with Gasteiger partial charge in [-0.05, 0) is 51.1 Å². The summed E-state index contributed by atoms with van der Waals surface area (Å²) in [5.74, 6) is -3.04. The summed E-state index contributed by atoms with van der Waals surface area (Å²) in [6, 6.07) is 3.87. The predicted molar refractivity (Wildman–Crippen MR) is 116 cm³/mol. The summed E-state index contributed by atoms with van der Waals surface area (Å²) in [5, 5.41) is 2.74. The number of aromatic nitrogens is 1. The van der Waals surface area contributed by atoms with Crippen LogP contribution in [0.25, 0.3) is 0 Å². The van der Waals surface area contributed by atoms with Crippen LogP contribution in [0.3, 0.4) is 0 Å².